The Morgan fingerprint density at radius 3 is 2.52 bits per heavy atom. The first-order chi connectivity index (χ1) is 15.7. The number of nitrogens with zero attached hydrogens (tertiary/aromatic N) is 2. The van der Waals surface area contributed by atoms with E-state index in [2.05, 4.69) is 35.3 Å². The maximum atomic E-state index is 13.3. The van der Waals surface area contributed by atoms with E-state index in [-0.39, 0.29) is 17.8 Å². The summed E-state index contributed by atoms with van der Waals surface area (Å²) < 4.78 is 11.0. The fourth-order valence-corrected chi connectivity index (χ4v) is 5.43. The van der Waals surface area contributed by atoms with Gasteiger partial charge in [-0.15, -0.1) is 14.1 Å². The number of fused-ring (bicyclic) bond motifs is 1. The third kappa shape index (κ3) is 7.02. The van der Waals surface area contributed by atoms with Crippen LogP contribution in [0.2, 0.25) is 25.7 Å². The first-order valence-electron chi connectivity index (χ1n) is 11.6. The van der Waals surface area contributed by atoms with E-state index in [1.54, 1.807) is 11.0 Å². The minimum absolute atomic E-state index is 0.175. The Kier molecular flexibility index (Phi) is 8.50. The number of hydrogen-bond acceptors (Lipinski definition) is 6. The number of aliphatic hydroxyl groups excluding tert-OH is 1. The first-order valence-corrected chi connectivity index (χ1v) is 15.4. The molecule has 3 amide bonds. The number of carbonyl (C=O) groups excluding carboxylic acids is 2. The van der Waals surface area contributed by atoms with Crippen molar-refractivity contribution in [2.24, 2.45) is 0 Å². The lowest BCUT2D eigenvalue weighted by molar-refractivity contribution is -0.124. The van der Waals surface area contributed by atoms with Crippen LogP contribution in [-0.2, 0) is 9.53 Å². The fourth-order valence-electron chi connectivity index (χ4n) is 3.92. The summed E-state index contributed by atoms with van der Waals surface area (Å²) in [4.78, 5) is 32.2. The van der Waals surface area contributed by atoms with Gasteiger partial charge in [-0.3, -0.25) is 4.79 Å². The van der Waals surface area contributed by atoms with Crippen LogP contribution in [0.4, 0.5) is 4.79 Å². The number of aliphatic hydroxyl groups is 1. The van der Waals surface area contributed by atoms with Crippen LogP contribution in [0.1, 0.15) is 31.8 Å². The van der Waals surface area contributed by atoms with Gasteiger partial charge in [0.05, 0.1) is 25.3 Å². The van der Waals surface area contributed by atoms with Gasteiger partial charge in [0.1, 0.15) is 5.52 Å². The van der Waals surface area contributed by atoms with Gasteiger partial charge in [-0.1, -0.05) is 25.5 Å². The fraction of sp³-hybridized carbons (Fsp3) is 0.609. The number of rotatable bonds is 9. The molecule has 9 nitrogen and oxygen atoms in total. The minimum atomic E-state index is -1.69. The number of nitrogens with one attached hydrogen (secondary N) is 2. The Morgan fingerprint density at radius 2 is 1.88 bits per heavy atom. The van der Waals surface area contributed by atoms with Gasteiger partial charge >= 0.3 is 6.03 Å². The molecule has 1 aromatic carbocycles. The summed E-state index contributed by atoms with van der Waals surface area (Å²) in [5.41, 5.74) is 1.24. The van der Waals surface area contributed by atoms with Gasteiger partial charge in [-0.25, -0.2) is 9.78 Å². The molecule has 3 rings (SSSR count). The van der Waals surface area contributed by atoms with E-state index in [1.807, 2.05) is 25.1 Å². The Labute approximate surface area is 195 Å². The van der Waals surface area contributed by atoms with Crippen LogP contribution in [0.5, 0.6) is 0 Å². The molecule has 1 aliphatic rings. The predicted molar refractivity (Wildman–Crippen MR) is 129 cm³/mol. The maximum absolute atomic E-state index is 13.3. The Morgan fingerprint density at radius 1 is 1.18 bits per heavy atom. The van der Waals surface area contributed by atoms with Gasteiger partial charge in [-0.05, 0) is 18.6 Å². The molecule has 33 heavy (non-hydrogen) atoms. The van der Waals surface area contributed by atoms with Gasteiger partial charge in [-0.2, -0.15) is 19.6 Å². The number of urea groups is 1. The SMILES string of the molecule is CCC[C@H](NC(=O)[C@H](C[Si-](C)(C)C)NC(=O)N1CCOCC1)C(O)c1nc2ccccc2o1. The van der Waals surface area contributed by atoms with E-state index in [1.165, 1.54) is 0 Å². The molecule has 3 N–H and O–H groups in total. The Hall–Kier alpha value is -2.43. The Bertz CT molecular complexity index is 905. The van der Waals surface area contributed by atoms with Gasteiger partial charge in [0.25, 0.3) is 0 Å². The van der Waals surface area contributed by atoms with E-state index >= 15 is 0 Å². The van der Waals surface area contributed by atoms with Crippen molar-refractivity contribution in [3.05, 3.63) is 30.2 Å². The molecule has 2 aromatic rings. The van der Waals surface area contributed by atoms with Gasteiger partial charge in [0.15, 0.2) is 11.7 Å². The van der Waals surface area contributed by atoms with E-state index in [4.69, 9.17) is 9.15 Å². The second-order valence-electron chi connectivity index (χ2n) is 9.73. The molecule has 1 aliphatic heterocycles. The number of carbonyl (C=O) groups is 2. The van der Waals surface area contributed by atoms with E-state index < -0.39 is 26.3 Å². The molecule has 2 heterocycles. The molecular weight excluding hydrogens is 440 g/mol. The number of ether oxygens (including phenoxy) is 1. The van der Waals surface area contributed by atoms with E-state index in [0.29, 0.717) is 49.9 Å². The zero-order valence-electron chi connectivity index (χ0n) is 20.0. The third-order valence-electron chi connectivity index (χ3n) is 5.60. The third-order valence-corrected chi connectivity index (χ3v) is 7.23. The average Bonchev–Trinajstić information content (AvgIpc) is 3.21. The van der Waals surface area contributed by atoms with Crippen LogP contribution in [0.15, 0.2) is 28.7 Å². The van der Waals surface area contributed by atoms with Crippen molar-refractivity contribution in [1.29, 1.82) is 0 Å². The highest BCUT2D eigenvalue weighted by Crippen LogP contribution is 2.24. The molecule has 0 radical (unpaired) electrons. The van der Waals surface area contributed by atoms with Crippen LogP contribution >= 0.6 is 0 Å². The lowest BCUT2D eigenvalue weighted by atomic mass is 10.0. The van der Waals surface area contributed by atoms with Gasteiger partial charge in [0.2, 0.25) is 11.8 Å². The number of hydrogen-bond donors (Lipinski definition) is 3. The van der Waals surface area contributed by atoms with Crippen molar-refractivity contribution in [2.45, 2.75) is 63.6 Å². The molecule has 0 spiro atoms. The average molecular weight is 477 g/mol. The van der Waals surface area contributed by atoms with Crippen molar-refractivity contribution in [3.8, 4) is 0 Å². The molecule has 0 saturated carbocycles. The zero-order valence-corrected chi connectivity index (χ0v) is 21.0. The summed E-state index contributed by atoms with van der Waals surface area (Å²) in [5, 5.41) is 16.9. The second kappa shape index (κ2) is 11.1. The molecule has 10 heteroatoms. The van der Waals surface area contributed by atoms with Crippen molar-refractivity contribution in [2.75, 3.05) is 26.3 Å². The maximum Gasteiger partial charge on any atom is 0.318 e. The number of para-hydroxylation sites is 2. The summed E-state index contributed by atoms with van der Waals surface area (Å²) in [6, 6.07) is 6.36. The van der Waals surface area contributed by atoms with Crippen molar-refractivity contribution in [1.82, 2.24) is 20.5 Å². The number of oxazole rings is 1. The zero-order chi connectivity index (χ0) is 24.0. The molecule has 0 aliphatic carbocycles. The lowest BCUT2D eigenvalue weighted by Crippen LogP contribution is -2.56. The Balaban J connectivity index is 1.73. The standard InChI is InChI=1S/C23H36N4O5Si/c1-5-8-17(20(28)22-25-16-9-6-7-10-19(16)32-22)24-21(29)18(15-33(2,3)4)26-23(30)27-11-13-31-14-12-27/h6-7,9-10,17-18,20,28H,5,8,11-15H2,1-4H3,(H,24,29)(H,26,30)/q-1/t17-,18-,20?/m0/s1. The topological polar surface area (TPSA) is 117 Å². The monoisotopic (exact) mass is 476 g/mol. The molecule has 3 atom stereocenters. The molecule has 0 bridgehead atoms. The summed E-state index contributed by atoms with van der Waals surface area (Å²) in [6.45, 7) is 10.4. The van der Waals surface area contributed by atoms with Crippen LogP contribution in [0, 0.1) is 0 Å². The quantitative estimate of drug-likeness (QED) is 0.479. The number of morpholine rings is 1. The van der Waals surface area contributed by atoms with Crippen LogP contribution < -0.4 is 10.6 Å². The van der Waals surface area contributed by atoms with Crippen LogP contribution in [0.25, 0.3) is 11.1 Å². The van der Waals surface area contributed by atoms with Crippen molar-refractivity contribution in [3.63, 3.8) is 0 Å². The molecule has 183 valence electrons. The van der Waals surface area contributed by atoms with Crippen molar-refractivity contribution >= 4 is 31.1 Å². The largest absolute Gasteiger partial charge is 0.438 e. The smallest absolute Gasteiger partial charge is 0.318 e. The molecule has 1 unspecified atom stereocenters. The summed E-state index contributed by atoms with van der Waals surface area (Å²) in [5.74, 6) is -0.123. The molecule has 1 aromatic heterocycles. The summed E-state index contributed by atoms with van der Waals surface area (Å²) in [6.07, 6.45) is 0.202. The van der Waals surface area contributed by atoms with Gasteiger partial charge < -0.3 is 29.8 Å². The van der Waals surface area contributed by atoms with Crippen LogP contribution in [0.3, 0.4) is 0 Å². The number of aromatic nitrogens is 1. The highest BCUT2D eigenvalue weighted by Gasteiger charge is 2.31. The first kappa shape index (κ1) is 25.2. The predicted octanol–water partition coefficient (Wildman–Crippen LogP) is 2.89. The number of benzene rings is 1. The van der Waals surface area contributed by atoms with Crippen molar-refractivity contribution < 1.29 is 23.8 Å². The van der Waals surface area contributed by atoms with E-state index in [0.717, 1.165) is 6.42 Å². The molecule has 1 saturated heterocycles. The highest BCUT2D eigenvalue weighted by molar-refractivity contribution is 6.76. The number of amides is 3. The summed E-state index contributed by atoms with van der Waals surface area (Å²) >= 11 is 0. The molecular formula is C23H36N4O5Si-. The molecule has 1 fully saturated rings. The minimum Gasteiger partial charge on any atom is -0.438 e. The highest BCUT2D eigenvalue weighted by atomic mass is 28.3. The normalized spacial score (nSPS) is 17.4. The van der Waals surface area contributed by atoms with E-state index in [9.17, 15) is 14.7 Å². The van der Waals surface area contributed by atoms with Crippen LogP contribution in [-0.4, -0.2) is 73.4 Å². The summed E-state index contributed by atoms with van der Waals surface area (Å²) in [7, 11) is -1.69. The second-order valence-corrected chi connectivity index (χ2v) is 15.3. The lowest BCUT2D eigenvalue weighted by Gasteiger charge is -2.36. The van der Waals surface area contributed by atoms with Gasteiger partial charge in [0, 0.05) is 13.1 Å².